The van der Waals surface area contributed by atoms with E-state index in [4.69, 9.17) is 0 Å². The molecular formula is C15H18N6O. The third-order valence-electron chi connectivity index (χ3n) is 3.64. The van der Waals surface area contributed by atoms with Crippen LogP contribution >= 0.6 is 0 Å². The fourth-order valence-corrected chi connectivity index (χ4v) is 2.29. The molecule has 0 aromatic carbocycles. The minimum atomic E-state index is -0.179. The quantitative estimate of drug-likeness (QED) is 0.793. The summed E-state index contributed by atoms with van der Waals surface area (Å²) in [5.41, 5.74) is 3.88. The van der Waals surface area contributed by atoms with Crippen molar-refractivity contribution in [3.63, 3.8) is 0 Å². The molecule has 0 bridgehead atoms. The molecule has 0 spiro atoms. The van der Waals surface area contributed by atoms with E-state index in [0.29, 0.717) is 17.9 Å². The summed E-state index contributed by atoms with van der Waals surface area (Å²) in [5.74, 6) is -0.179. The van der Waals surface area contributed by atoms with Crippen LogP contribution in [0.3, 0.4) is 0 Å². The highest BCUT2D eigenvalue weighted by atomic mass is 16.1. The Labute approximate surface area is 128 Å². The molecule has 7 heteroatoms. The first kappa shape index (κ1) is 14.2. The maximum Gasteiger partial charge on any atom is 0.271 e. The van der Waals surface area contributed by atoms with Crippen molar-refractivity contribution in [2.75, 3.05) is 6.54 Å². The van der Waals surface area contributed by atoms with Crippen LogP contribution in [0.15, 0.2) is 24.5 Å². The fraction of sp³-hybridized carbons (Fsp3) is 0.333. The van der Waals surface area contributed by atoms with E-state index in [1.165, 1.54) is 0 Å². The van der Waals surface area contributed by atoms with Crippen molar-refractivity contribution >= 4 is 11.6 Å². The van der Waals surface area contributed by atoms with Crippen LogP contribution in [0.5, 0.6) is 0 Å². The van der Waals surface area contributed by atoms with Crippen LogP contribution in [0.2, 0.25) is 0 Å². The zero-order chi connectivity index (χ0) is 15.7. The van der Waals surface area contributed by atoms with E-state index in [9.17, 15) is 4.79 Å². The van der Waals surface area contributed by atoms with Crippen LogP contribution < -0.4 is 5.32 Å². The number of fused-ring (bicyclic) bond motifs is 1. The zero-order valence-electron chi connectivity index (χ0n) is 12.9. The van der Waals surface area contributed by atoms with Gasteiger partial charge in [0.1, 0.15) is 0 Å². The van der Waals surface area contributed by atoms with Crippen molar-refractivity contribution < 1.29 is 4.79 Å². The minimum absolute atomic E-state index is 0.179. The Balaban J connectivity index is 2.07. The third-order valence-corrected chi connectivity index (χ3v) is 3.64. The molecule has 0 atom stereocenters. The van der Waals surface area contributed by atoms with Gasteiger partial charge in [0.05, 0.1) is 11.9 Å². The topological polar surface area (TPSA) is 77.1 Å². The van der Waals surface area contributed by atoms with E-state index in [1.54, 1.807) is 27.7 Å². The fourth-order valence-electron chi connectivity index (χ4n) is 2.29. The van der Waals surface area contributed by atoms with Gasteiger partial charge in [0.2, 0.25) is 0 Å². The van der Waals surface area contributed by atoms with Crippen molar-refractivity contribution in [1.29, 1.82) is 0 Å². The molecule has 0 aliphatic carbocycles. The smallest absolute Gasteiger partial charge is 0.271 e. The minimum Gasteiger partial charge on any atom is -0.351 e. The first-order valence-electron chi connectivity index (χ1n) is 7.23. The second-order valence-corrected chi connectivity index (χ2v) is 5.15. The molecule has 114 valence electrons. The Hall–Kier alpha value is -2.70. The lowest BCUT2D eigenvalue weighted by molar-refractivity contribution is 0.0948. The number of hydrogen-bond acceptors (Lipinski definition) is 4. The van der Waals surface area contributed by atoms with Crippen molar-refractivity contribution in [3.8, 4) is 11.3 Å². The molecule has 0 aliphatic heterocycles. The van der Waals surface area contributed by atoms with Gasteiger partial charge < -0.3 is 5.32 Å². The van der Waals surface area contributed by atoms with Crippen LogP contribution in [0.1, 0.15) is 29.5 Å². The van der Waals surface area contributed by atoms with Gasteiger partial charge in [0, 0.05) is 37.1 Å². The zero-order valence-corrected chi connectivity index (χ0v) is 12.9. The van der Waals surface area contributed by atoms with E-state index < -0.39 is 0 Å². The molecule has 0 saturated heterocycles. The van der Waals surface area contributed by atoms with Gasteiger partial charge in [-0.2, -0.15) is 10.2 Å². The molecule has 0 saturated carbocycles. The van der Waals surface area contributed by atoms with Crippen molar-refractivity contribution in [2.24, 2.45) is 7.05 Å². The lowest BCUT2D eigenvalue weighted by Gasteiger charge is -2.03. The van der Waals surface area contributed by atoms with Crippen LogP contribution in [0, 0.1) is 6.92 Å². The van der Waals surface area contributed by atoms with Gasteiger partial charge >= 0.3 is 0 Å². The van der Waals surface area contributed by atoms with Gasteiger partial charge in [-0.05, 0) is 19.4 Å². The summed E-state index contributed by atoms with van der Waals surface area (Å²) in [6.45, 7) is 4.64. The van der Waals surface area contributed by atoms with E-state index in [1.807, 2.05) is 27.0 Å². The number of carbonyl (C=O) groups excluding carboxylic acids is 1. The molecule has 22 heavy (non-hydrogen) atoms. The molecule has 3 aromatic heterocycles. The Kier molecular flexibility index (Phi) is 3.62. The highest BCUT2D eigenvalue weighted by molar-refractivity contribution is 5.93. The van der Waals surface area contributed by atoms with Gasteiger partial charge in [0.25, 0.3) is 5.91 Å². The van der Waals surface area contributed by atoms with Gasteiger partial charge in [-0.1, -0.05) is 6.92 Å². The molecular weight excluding hydrogens is 280 g/mol. The SMILES string of the molecule is CCCNC(=O)c1cc2nccc(-c3cnn(C)c3C)n2n1. The lowest BCUT2D eigenvalue weighted by Crippen LogP contribution is -2.24. The van der Waals surface area contributed by atoms with Crippen molar-refractivity contribution in [1.82, 2.24) is 29.7 Å². The summed E-state index contributed by atoms with van der Waals surface area (Å²) in [6, 6.07) is 3.57. The maximum atomic E-state index is 12.1. The number of nitrogens with zero attached hydrogens (tertiary/aromatic N) is 5. The largest absolute Gasteiger partial charge is 0.351 e. The monoisotopic (exact) mass is 298 g/mol. The first-order chi connectivity index (χ1) is 10.6. The van der Waals surface area contributed by atoms with Crippen molar-refractivity contribution in [2.45, 2.75) is 20.3 Å². The highest BCUT2D eigenvalue weighted by Gasteiger charge is 2.15. The second-order valence-electron chi connectivity index (χ2n) is 5.15. The molecule has 7 nitrogen and oxygen atoms in total. The van der Waals surface area contributed by atoms with Crippen molar-refractivity contribution in [3.05, 3.63) is 35.9 Å². The molecule has 3 aromatic rings. The molecule has 0 aliphatic rings. The average molecular weight is 298 g/mol. The van der Waals surface area contributed by atoms with Crippen LogP contribution in [0.25, 0.3) is 16.9 Å². The molecule has 0 unspecified atom stereocenters. The predicted octanol–water partition coefficient (Wildman–Crippen LogP) is 1.58. The number of aromatic nitrogens is 5. The van der Waals surface area contributed by atoms with Gasteiger partial charge in [-0.15, -0.1) is 0 Å². The Morgan fingerprint density at radius 1 is 1.41 bits per heavy atom. The Morgan fingerprint density at radius 3 is 2.91 bits per heavy atom. The molecule has 3 heterocycles. The van der Waals surface area contributed by atoms with E-state index in [0.717, 1.165) is 23.4 Å². The maximum absolute atomic E-state index is 12.1. The van der Waals surface area contributed by atoms with Gasteiger partial charge in [-0.3, -0.25) is 9.48 Å². The van der Waals surface area contributed by atoms with Gasteiger partial charge in [0.15, 0.2) is 11.3 Å². The number of hydrogen-bond donors (Lipinski definition) is 1. The summed E-state index contributed by atoms with van der Waals surface area (Å²) >= 11 is 0. The summed E-state index contributed by atoms with van der Waals surface area (Å²) in [6.07, 6.45) is 4.40. The standard InChI is InChI=1S/C15H18N6O/c1-4-6-17-15(22)12-8-14-16-7-5-13(21(14)19-12)11-9-18-20(3)10(11)2/h5,7-9H,4,6H2,1-3H3,(H,17,22). The van der Waals surface area contributed by atoms with Gasteiger partial charge in [-0.25, -0.2) is 9.50 Å². The lowest BCUT2D eigenvalue weighted by atomic mass is 10.2. The number of rotatable bonds is 4. The summed E-state index contributed by atoms with van der Waals surface area (Å²) in [7, 11) is 1.89. The normalized spacial score (nSPS) is 11.0. The Bertz CT molecular complexity index is 832. The number of carbonyl (C=O) groups is 1. The predicted molar refractivity (Wildman–Crippen MR) is 82.6 cm³/mol. The average Bonchev–Trinajstić information content (AvgIpc) is 3.09. The number of aryl methyl sites for hydroxylation is 1. The Morgan fingerprint density at radius 2 is 2.23 bits per heavy atom. The van der Waals surface area contributed by atoms with E-state index >= 15 is 0 Å². The van der Waals surface area contributed by atoms with Crippen LogP contribution in [0.4, 0.5) is 0 Å². The number of nitrogens with one attached hydrogen (secondary N) is 1. The second kappa shape index (κ2) is 5.59. The van der Waals surface area contributed by atoms with E-state index in [2.05, 4.69) is 20.5 Å². The molecule has 1 amide bonds. The molecule has 0 fully saturated rings. The summed E-state index contributed by atoms with van der Waals surface area (Å²) in [4.78, 5) is 16.3. The molecule has 1 N–H and O–H groups in total. The number of amides is 1. The van der Waals surface area contributed by atoms with Crippen LogP contribution in [-0.4, -0.2) is 36.8 Å². The highest BCUT2D eigenvalue weighted by Crippen LogP contribution is 2.22. The first-order valence-corrected chi connectivity index (χ1v) is 7.23. The van der Waals surface area contributed by atoms with Crippen LogP contribution in [-0.2, 0) is 7.05 Å². The molecule has 3 rings (SSSR count). The molecule has 0 radical (unpaired) electrons. The summed E-state index contributed by atoms with van der Waals surface area (Å²) in [5, 5.41) is 11.5. The van der Waals surface area contributed by atoms with E-state index in [-0.39, 0.29) is 5.91 Å². The third kappa shape index (κ3) is 2.34. The summed E-state index contributed by atoms with van der Waals surface area (Å²) < 4.78 is 3.49.